The summed E-state index contributed by atoms with van der Waals surface area (Å²) >= 11 is 0. The number of rotatable bonds is 5. The third-order valence-electron chi connectivity index (χ3n) is 4.96. The molecule has 0 aromatic heterocycles. The van der Waals surface area contributed by atoms with Crippen molar-refractivity contribution in [1.29, 1.82) is 0 Å². The Morgan fingerprint density at radius 2 is 1.92 bits per heavy atom. The number of nitrogens with zero attached hydrogens (tertiary/aromatic N) is 1. The van der Waals surface area contributed by atoms with Crippen LogP contribution in [0.4, 0.5) is 0 Å². The molecule has 0 bridgehead atoms. The van der Waals surface area contributed by atoms with E-state index in [1.165, 1.54) is 0 Å². The molecular formula is C19H31NO4Si. The Morgan fingerprint density at radius 3 is 2.52 bits per heavy atom. The molecule has 1 aliphatic rings. The van der Waals surface area contributed by atoms with Gasteiger partial charge in [-0.2, -0.15) is 0 Å². The standard InChI is InChI=1S/C19H31NO4Si/c1-15-22-14-18(24-25(5,6)19(2,3)4)17(23-15)13-20(21)12-16-10-8-7-9-11-16/h7-11,13,15,17-18H,12,14H2,1-6H3/b20-13-/t15-,17+,18+/m0/s1. The highest BCUT2D eigenvalue weighted by molar-refractivity contribution is 6.74. The molecule has 1 heterocycles. The van der Waals surface area contributed by atoms with Gasteiger partial charge in [-0.3, -0.25) is 0 Å². The minimum Gasteiger partial charge on any atom is -0.624 e. The molecule has 3 atom stereocenters. The average Bonchev–Trinajstić information content (AvgIpc) is 2.49. The van der Waals surface area contributed by atoms with Crippen LogP contribution in [0.1, 0.15) is 33.3 Å². The highest BCUT2D eigenvalue weighted by atomic mass is 28.4. The lowest BCUT2D eigenvalue weighted by molar-refractivity contribution is -0.474. The lowest BCUT2D eigenvalue weighted by Gasteiger charge is -2.42. The molecular weight excluding hydrogens is 334 g/mol. The van der Waals surface area contributed by atoms with E-state index >= 15 is 0 Å². The van der Waals surface area contributed by atoms with E-state index in [0.29, 0.717) is 13.2 Å². The largest absolute Gasteiger partial charge is 0.624 e. The second-order valence-electron chi connectivity index (χ2n) is 8.13. The normalized spacial score (nSPS) is 25.8. The minimum atomic E-state index is -1.98. The van der Waals surface area contributed by atoms with E-state index in [0.717, 1.165) is 10.3 Å². The van der Waals surface area contributed by atoms with Gasteiger partial charge in [-0.15, -0.1) is 0 Å². The second-order valence-corrected chi connectivity index (χ2v) is 12.9. The van der Waals surface area contributed by atoms with E-state index in [2.05, 4.69) is 33.9 Å². The van der Waals surface area contributed by atoms with E-state index in [1.54, 1.807) is 6.21 Å². The van der Waals surface area contributed by atoms with Crippen molar-refractivity contribution in [3.05, 3.63) is 41.1 Å². The Hall–Kier alpha value is -1.21. The molecule has 0 unspecified atom stereocenters. The van der Waals surface area contributed by atoms with Crippen LogP contribution in [0.3, 0.4) is 0 Å². The van der Waals surface area contributed by atoms with Gasteiger partial charge in [0.25, 0.3) is 0 Å². The van der Waals surface area contributed by atoms with Gasteiger partial charge in [0.05, 0.1) is 6.61 Å². The van der Waals surface area contributed by atoms with Gasteiger partial charge in [0, 0.05) is 5.56 Å². The Kier molecular flexibility index (Phi) is 6.43. The van der Waals surface area contributed by atoms with Crippen LogP contribution in [0.15, 0.2) is 30.3 Å². The number of benzene rings is 1. The maximum absolute atomic E-state index is 12.4. The molecule has 0 amide bonds. The Morgan fingerprint density at radius 1 is 1.28 bits per heavy atom. The predicted molar refractivity (Wildman–Crippen MR) is 102 cm³/mol. The molecule has 1 aromatic rings. The van der Waals surface area contributed by atoms with Gasteiger partial charge in [-0.1, -0.05) is 51.1 Å². The van der Waals surface area contributed by atoms with Crippen molar-refractivity contribution >= 4 is 14.5 Å². The van der Waals surface area contributed by atoms with Gasteiger partial charge in [0.1, 0.15) is 6.10 Å². The summed E-state index contributed by atoms with van der Waals surface area (Å²) in [6, 6.07) is 9.68. The molecule has 0 aliphatic carbocycles. The van der Waals surface area contributed by atoms with Crippen LogP contribution in [0, 0.1) is 5.21 Å². The van der Waals surface area contributed by atoms with Gasteiger partial charge >= 0.3 is 0 Å². The quantitative estimate of drug-likeness (QED) is 0.261. The second kappa shape index (κ2) is 7.99. The Labute approximate surface area is 152 Å². The van der Waals surface area contributed by atoms with E-state index in [9.17, 15) is 5.21 Å². The van der Waals surface area contributed by atoms with Crippen molar-refractivity contribution in [3.8, 4) is 0 Å². The minimum absolute atomic E-state index is 0.0851. The molecule has 1 aliphatic heterocycles. The maximum Gasteiger partial charge on any atom is 0.192 e. The molecule has 2 rings (SSSR count). The third-order valence-corrected chi connectivity index (χ3v) is 9.46. The van der Waals surface area contributed by atoms with E-state index in [1.807, 2.05) is 37.3 Å². The lowest BCUT2D eigenvalue weighted by atomic mass is 10.2. The van der Waals surface area contributed by atoms with Crippen LogP contribution in [-0.4, -0.2) is 44.4 Å². The summed E-state index contributed by atoms with van der Waals surface area (Å²) in [4.78, 5) is 0. The summed E-state index contributed by atoms with van der Waals surface area (Å²) in [6.07, 6.45) is 0.582. The number of ether oxygens (including phenoxy) is 2. The van der Waals surface area contributed by atoms with Crippen molar-refractivity contribution in [2.75, 3.05) is 6.61 Å². The first-order chi connectivity index (χ1) is 11.6. The monoisotopic (exact) mass is 365 g/mol. The maximum atomic E-state index is 12.4. The number of hydrogen-bond donors (Lipinski definition) is 0. The summed E-state index contributed by atoms with van der Waals surface area (Å²) in [5, 5.41) is 12.5. The highest BCUT2D eigenvalue weighted by Crippen LogP contribution is 2.38. The fourth-order valence-corrected chi connectivity index (χ4v) is 3.75. The fourth-order valence-electron chi connectivity index (χ4n) is 2.44. The topological polar surface area (TPSA) is 53.8 Å². The average molecular weight is 366 g/mol. The first-order valence-electron chi connectivity index (χ1n) is 8.86. The molecule has 5 nitrogen and oxygen atoms in total. The number of hydrogen-bond acceptors (Lipinski definition) is 4. The summed E-state index contributed by atoms with van der Waals surface area (Å²) in [6.45, 7) is 13.6. The fraction of sp³-hybridized carbons (Fsp3) is 0.632. The molecule has 1 saturated heterocycles. The number of hydroxylamine groups is 1. The van der Waals surface area contributed by atoms with Crippen LogP contribution in [0.25, 0.3) is 0 Å². The van der Waals surface area contributed by atoms with Crippen molar-refractivity contribution in [3.63, 3.8) is 0 Å². The zero-order valence-corrected chi connectivity index (χ0v) is 17.2. The van der Waals surface area contributed by atoms with Crippen molar-refractivity contribution < 1.29 is 18.6 Å². The molecule has 0 spiro atoms. The Bertz CT molecular complexity index is 583. The van der Waals surface area contributed by atoms with Gasteiger partial charge in [0.15, 0.2) is 33.5 Å². The molecule has 6 heteroatoms. The van der Waals surface area contributed by atoms with Crippen LogP contribution in [0.5, 0.6) is 0 Å². The zero-order chi connectivity index (χ0) is 18.7. The van der Waals surface area contributed by atoms with E-state index in [4.69, 9.17) is 13.9 Å². The summed E-state index contributed by atoms with van der Waals surface area (Å²) in [5.74, 6) is 0. The van der Waals surface area contributed by atoms with E-state index < -0.39 is 14.4 Å². The summed E-state index contributed by atoms with van der Waals surface area (Å²) in [7, 11) is -1.98. The molecule has 0 saturated carbocycles. The molecule has 0 radical (unpaired) electrons. The van der Waals surface area contributed by atoms with Crippen LogP contribution in [-0.2, 0) is 20.4 Å². The zero-order valence-electron chi connectivity index (χ0n) is 16.2. The van der Waals surface area contributed by atoms with Gasteiger partial charge in [-0.05, 0) is 25.1 Å². The molecule has 1 fully saturated rings. The van der Waals surface area contributed by atoms with Gasteiger partial charge < -0.3 is 19.1 Å². The highest BCUT2D eigenvalue weighted by Gasteiger charge is 2.43. The first-order valence-corrected chi connectivity index (χ1v) is 11.8. The van der Waals surface area contributed by atoms with Gasteiger partial charge in [-0.25, -0.2) is 4.74 Å². The van der Waals surface area contributed by atoms with Crippen LogP contribution in [0.2, 0.25) is 18.1 Å². The van der Waals surface area contributed by atoms with Crippen LogP contribution >= 0.6 is 0 Å². The van der Waals surface area contributed by atoms with Crippen molar-refractivity contribution in [1.82, 2.24) is 0 Å². The SMILES string of the molecule is C[C@H]1OC[C@@H](O[Si](C)(C)C(C)(C)C)[C@@H](/C=[N+](\[O-])Cc2ccccc2)O1. The predicted octanol–water partition coefficient (Wildman–Crippen LogP) is 3.92. The lowest BCUT2D eigenvalue weighted by Crippen LogP contribution is -2.53. The molecule has 140 valence electrons. The third kappa shape index (κ3) is 5.64. The van der Waals surface area contributed by atoms with Crippen LogP contribution < -0.4 is 0 Å². The van der Waals surface area contributed by atoms with Crippen molar-refractivity contribution in [2.45, 2.75) is 70.9 Å². The smallest absolute Gasteiger partial charge is 0.192 e. The molecule has 25 heavy (non-hydrogen) atoms. The van der Waals surface area contributed by atoms with Gasteiger partial charge in [0.2, 0.25) is 0 Å². The van der Waals surface area contributed by atoms with E-state index in [-0.39, 0.29) is 17.4 Å². The summed E-state index contributed by atoms with van der Waals surface area (Å²) < 4.78 is 18.8. The molecule has 1 aromatic carbocycles. The molecule has 0 N–H and O–H groups in total. The van der Waals surface area contributed by atoms with Crippen molar-refractivity contribution in [2.24, 2.45) is 0 Å². The first kappa shape index (κ1) is 20.1. The Balaban J connectivity index is 2.12. The summed E-state index contributed by atoms with van der Waals surface area (Å²) in [5.41, 5.74) is 0.968.